The number of nitrogen functional groups attached to an aromatic ring is 1. The summed E-state index contributed by atoms with van der Waals surface area (Å²) in [5.41, 5.74) is 7.28. The molecule has 2 amide bonds. The van der Waals surface area contributed by atoms with E-state index in [1.54, 1.807) is 18.5 Å². The molecule has 1 fully saturated rings. The van der Waals surface area contributed by atoms with Gasteiger partial charge in [-0.3, -0.25) is 19.9 Å². The van der Waals surface area contributed by atoms with E-state index in [0.717, 1.165) is 16.3 Å². The Morgan fingerprint density at radius 3 is 2.89 bits per heavy atom. The van der Waals surface area contributed by atoms with Gasteiger partial charge < -0.3 is 5.73 Å². The number of nitrogens with zero attached hydrogens (tertiary/aromatic N) is 1. The maximum Gasteiger partial charge on any atom is 0.234 e. The van der Waals surface area contributed by atoms with Crippen molar-refractivity contribution in [1.82, 2.24) is 10.3 Å². The van der Waals surface area contributed by atoms with Crippen molar-refractivity contribution in [3.63, 3.8) is 0 Å². The Bertz CT molecular complexity index is 681. The number of aromatic nitrogens is 1. The van der Waals surface area contributed by atoms with E-state index in [4.69, 9.17) is 5.73 Å². The fourth-order valence-corrected chi connectivity index (χ4v) is 2.47. The van der Waals surface area contributed by atoms with Crippen LogP contribution in [0.25, 0.3) is 10.8 Å². The average Bonchev–Trinajstić information content (AvgIpc) is 2.38. The standard InChI is InChI=1S/C14H13N3O2/c15-9-2-1-8-6-16-7-12(11(8)5-9)10-3-4-13(18)17-14(10)19/h1-2,5-7,10H,3-4,15H2,(H,17,18,19). The second-order valence-corrected chi connectivity index (χ2v) is 4.71. The van der Waals surface area contributed by atoms with Crippen LogP contribution in [0, 0.1) is 0 Å². The maximum atomic E-state index is 11.9. The quantitative estimate of drug-likeness (QED) is 0.594. The summed E-state index contributed by atoms with van der Waals surface area (Å²) >= 11 is 0. The van der Waals surface area contributed by atoms with E-state index in [1.165, 1.54) is 0 Å². The highest BCUT2D eigenvalue weighted by molar-refractivity contribution is 6.03. The van der Waals surface area contributed by atoms with Gasteiger partial charge in [-0.05, 0) is 29.5 Å². The van der Waals surface area contributed by atoms with Gasteiger partial charge in [0.15, 0.2) is 0 Å². The highest BCUT2D eigenvalue weighted by Crippen LogP contribution is 2.31. The van der Waals surface area contributed by atoms with Crippen LogP contribution in [-0.2, 0) is 9.59 Å². The Morgan fingerprint density at radius 1 is 1.26 bits per heavy atom. The van der Waals surface area contributed by atoms with E-state index in [-0.39, 0.29) is 17.7 Å². The minimum atomic E-state index is -0.337. The molecule has 1 atom stereocenters. The van der Waals surface area contributed by atoms with Crippen LogP contribution in [0.3, 0.4) is 0 Å². The number of nitrogens with two attached hydrogens (primary N) is 1. The molecule has 1 saturated heterocycles. The van der Waals surface area contributed by atoms with Crippen LogP contribution in [0.1, 0.15) is 24.3 Å². The zero-order valence-corrected chi connectivity index (χ0v) is 10.2. The number of fused-ring (bicyclic) bond motifs is 1. The minimum Gasteiger partial charge on any atom is -0.399 e. The summed E-state index contributed by atoms with van der Waals surface area (Å²) < 4.78 is 0. The number of imide groups is 1. The molecule has 0 bridgehead atoms. The van der Waals surface area contributed by atoms with Crippen molar-refractivity contribution in [3.05, 3.63) is 36.2 Å². The fourth-order valence-electron chi connectivity index (χ4n) is 2.47. The van der Waals surface area contributed by atoms with Gasteiger partial charge in [-0.1, -0.05) is 6.07 Å². The summed E-state index contributed by atoms with van der Waals surface area (Å²) in [5, 5.41) is 4.23. The number of anilines is 1. The number of carbonyl (C=O) groups is 2. The minimum absolute atomic E-state index is 0.214. The van der Waals surface area contributed by atoms with Crippen molar-refractivity contribution in [2.24, 2.45) is 0 Å². The molecule has 0 radical (unpaired) electrons. The molecule has 0 spiro atoms. The molecule has 1 aromatic carbocycles. The van der Waals surface area contributed by atoms with Crippen LogP contribution in [0.2, 0.25) is 0 Å². The van der Waals surface area contributed by atoms with Gasteiger partial charge in [-0.2, -0.15) is 0 Å². The Hall–Kier alpha value is -2.43. The number of carbonyl (C=O) groups excluding carboxylic acids is 2. The average molecular weight is 255 g/mol. The highest BCUT2D eigenvalue weighted by atomic mass is 16.2. The molecule has 5 nitrogen and oxygen atoms in total. The van der Waals surface area contributed by atoms with E-state index in [2.05, 4.69) is 10.3 Å². The fraction of sp³-hybridized carbons (Fsp3) is 0.214. The number of hydrogen-bond acceptors (Lipinski definition) is 4. The van der Waals surface area contributed by atoms with Crippen molar-refractivity contribution in [3.8, 4) is 0 Å². The highest BCUT2D eigenvalue weighted by Gasteiger charge is 2.29. The Labute approximate surface area is 109 Å². The summed E-state index contributed by atoms with van der Waals surface area (Å²) in [4.78, 5) is 27.3. The van der Waals surface area contributed by atoms with Crippen molar-refractivity contribution >= 4 is 28.3 Å². The van der Waals surface area contributed by atoms with Gasteiger partial charge in [-0.15, -0.1) is 0 Å². The number of hydrogen-bond donors (Lipinski definition) is 2. The number of amides is 2. The Morgan fingerprint density at radius 2 is 2.11 bits per heavy atom. The summed E-state index contributed by atoms with van der Waals surface area (Å²) in [6, 6.07) is 5.53. The van der Waals surface area contributed by atoms with Crippen LogP contribution in [0.15, 0.2) is 30.6 Å². The molecule has 19 heavy (non-hydrogen) atoms. The molecule has 0 aliphatic carbocycles. The molecule has 5 heteroatoms. The van der Waals surface area contributed by atoms with Gasteiger partial charge in [0, 0.05) is 29.9 Å². The smallest absolute Gasteiger partial charge is 0.234 e. The first-order chi connectivity index (χ1) is 9.15. The normalized spacial score (nSPS) is 19.5. The van der Waals surface area contributed by atoms with E-state index in [1.807, 2.05) is 12.1 Å². The van der Waals surface area contributed by atoms with E-state index < -0.39 is 0 Å². The molecular formula is C14H13N3O2. The third kappa shape index (κ3) is 2.03. The van der Waals surface area contributed by atoms with E-state index in [0.29, 0.717) is 18.5 Å². The molecule has 3 rings (SSSR count). The van der Waals surface area contributed by atoms with E-state index >= 15 is 0 Å². The predicted octanol–water partition coefficient (Wildman–Crippen LogP) is 1.34. The second-order valence-electron chi connectivity index (χ2n) is 4.71. The molecule has 0 saturated carbocycles. The molecular weight excluding hydrogens is 242 g/mol. The third-order valence-corrected chi connectivity index (χ3v) is 3.43. The molecule has 96 valence electrons. The van der Waals surface area contributed by atoms with Crippen molar-refractivity contribution < 1.29 is 9.59 Å². The Balaban J connectivity index is 2.12. The Kier molecular flexibility index (Phi) is 2.67. The van der Waals surface area contributed by atoms with Gasteiger partial charge >= 0.3 is 0 Å². The van der Waals surface area contributed by atoms with Crippen molar-refractivity contribution in [2.75, 3.05) is 5.73 Å². The summed E-state index contributed by atoms with van der Waals surface area (Å²) in [6.07, 6.45) is 4.29. The molecule has 2 aromatic rings. The number of pyridine rings is 1. The van der Waals surface area contributed by atoms with Crippen LogP contribution < -0.4 is 11.1 Å². The molecule has 1 unspecified atom stereocenters. The lowest BCUT2D eigenvalue weighted by Crippen LogP contribution is -2.39. The first kappa shape index (κ1) is 11.6. The van der Waals surface area contributed by atoms with Crippen molar-refractivity contribution in [2.45, 2.75) is 18.8 Å². The molecule has 1 aromatic heterocycles. The van der Waals surface area contributed by atoms with Gasteiger partial charge in [0.25, 0.3) is 0 Å². The lowest BCUT2D eigenvalue weighted by molar-refractivity contribution is -0.134. The van der Waals surface area contributed by atoms with Crippen LogP contribution in [0.4, 0.5) is 5.69 Å². The topological polar surface area (TPSA) is 85.1 Å². The molecule has 3 N–H and O–H groups in total. The van der Waals surface area contributed by atoms with Crippen LogP contribution >= 0.6 is 0 Å². The molecule has 1 aliphatic rings. The summed E-state index contributed by atoms with van der Waals surface area (Å²) in [6.45, 7) is 0. The molecule has 2 heterocycles. The predicted molar refractivity (Wildman–Crippen MR) is 71.3 cm³/mol. The molecule has 1 aliphatic heterocycles. The SMILES string of the molecule is Nc1ccc2cncc(C3CCC(=O)NC3=O)c2c1. The van der Waals surface area contributed by atoms with Gasteiger partial charge in [0.1, 0.15) is 0 Å². The number of benzene rings is 1. The largest absolute Gasteiger partial charge is 0.399 e. The third-order valence-electron chi connectivity index (χ3n) is 3.43. The van der Waals surface area contributed by atoms with Gasteiger partial charge in [0.2, 0.25) is 11.8 Å². The summed E-state index contributed by atoms with van der Waals surface area (Å²) in [5.74, 6) is -0.808. The van der Waals surface area contributed by atoms with Gasteiger partial charge in [-0.25, -0.2) is 0 Å². The first-order valence-corrected chi connectivity index (χ1v) is 6.12. The maximum absolute atomic E-state index is 11.9. The number of nitrogens with one attached hydrogen (secondary N) is 1. The second kappa shape index (κ2) is 4.35. The number of rotatable bonds is 1. The van der Waals surface area contributed by atoms with Crippen LogP contribution in [-0.4, -0.2) is 16.8 Å². The van der Waals surface area contributed by atoms with Crippen LogP contribution in [0.5, 0.6) is 0 Å². The van der Waals surface area contributed by atoms with E-state index in [9.17, 15) is 9.59 Å². The van der Waals surface area contributed by atoms with Gasteiger partial charge in [0.05, 0.1) is 5.92 Å². The number of piperidine rings is 1. The first-order valence-electron chi connectivity index (χ1n) is 6.12. The lowest BCUT2D eigenvalue weighted by atomic mass is 9.88. The zero-order chi connectivity index (χ0) is 13.4. The monoisotopic (exact) mass is 255 g/mol. The lowest BCUT2D eigenvalue weighted by Gasteiger charge is -2.22. The van der Waals surface area contributed by atoms with Crippen molar-refractivity contribution in [1.29, 1.82) is 0 Å². The zero-order valence-electron chi connectivity index (χ0n) is 10.2. The summed E-state index contributed by atoms with van der Waals surface area (Å²) in [7, 11) is 0.